The molecule has 2 rings (SSSR count). The van der Waals surface area contributed by atoms with E-state index in [-0.39, 0.29) is 28.9 Å². The highest BCUT2D eigenvalue weighted by Crippen LogP contribution is 2.28. The molecular formula is C13H16N2O5. The van der Waals surface area contributed by atoms with Gasteiger partial charge in [-0.1, -0.05) is 0 Å². The summed E-state index contributed by atoms with van der Waals surface area (Å²) in [7, 11) is 1.36. The standard InChI is InChI=1S/C13H16N2O5/c1-9-8-20-6-5-14(9)13(16)10-3-4-12(19-2)11(7-10)15(17)18/h3-4,7,9H,5-6,8H2,1-2H3/t9-/m1/s1. The monoisotopic (exact) mass is 280 g/mol. The summed E-state index contributed by atoms with van der Waals surface area (Å²) < 4.78 is 10.2. The molecule has 1 aromatic rings. The zero-order valence-corrected chi connectivity index (χ0v) is 11.4. The minimum Gasteiger partial charge on any atom is -0.490 e. The summed E-state index contributed by atoms with van der Waals surface area (Å²) in [5.74, 6) is -0.0897. The van der Waals surface area contributed by atoms with E-state index in [1.165, 1.54) is 25.3 Å². The largest absolute Gasteiger partial charge is 0.490 e. The summed E-state index contributed by atoms with van der Waals surface area (Å²) in [6.45, 7) is 3.33. The number of nitrogens with zero attached hydrogens (tertiary/aromatic N) is 2. The Kier molecular flexibility index (Phi) is 4.19. The molecule has 7 nitrogen and oxygen atoms in total. The number of rotatable bonds is 3. The van der Waals surface area contributed by atoms with E-state index in [1.54, 1.807) is 4.90 Å². The van der Waals surface area contributed by atoms with Gasteiger partial charge in [0.1, 0.15) is 0 Å². The SMILES string of the molecule is COc1ccc(C(=O)N2CCOC[C@H]2C)cc1[N+](=O)[O-]. The molecular weight excluding hydrogens is 264 g/mol. The minimum atomic E-state index is -0.557. The molecule has 0 saturated carbocycles. The first-order valence-electron chi connectivity index (χ1n) is 6.25. The lowest BCUT2D eigenvalue weighted by Crippen LogP contribution is -2.47. The number of morpholine rings is 1. The second-order valence-electron chi connectivity index (χ2n) is 4.57. The summed E-state index contributed by atoms with van der Waals surface area (Å²) in [6, 6.07) is 4.19. The van der Waals surface area contributed by atoms with Crippen molar-refractivity contribution in [2.75, 3.05) is 26.9 Å². The molecule has 1 saturated heterocycles. The number of hydrogen-bond donors (Lipinski definition) is 0. The number of nitro groups is 1. The third kappa shape index (κ3) is 2.72. The Morgan fingerprint density at radius 3 is 2.90 bits per heavy atom. The van der Waals surface area contributed by atoms with Crippen LogP contribution in [0.25, 0.3) is 0 Å². The summed E-state index contributed by atoms with van der Waals surface area (Å²) in [5.41, 5.74) is 0.0745. The maximum absolute atomic E-state index is 12.4. The molecule has 0 aliphatic carbocycles. The molecule has 0 bridgehead atoms. The van der Waals surface area contributed by atoms with Gasteiger partial charge in [-0.3, -0.25) is 14.9 Å². The third-order valence-corrected chi connectivity index (χ3v) is 3.25. The Balaban J connectivity index is 2.30. The Hall–Kier alpha value is -2.15. The van der Waals surface area contributed by atoms with Crippen molar-refractivity contribution in [1.29, 1.82) is 0 Å². The van der Waals surface area contributed by atoms with Gasteiger partial charge in [0.05, 0.1) is 31.3 Å². The number of carbonyl (C=O) groups is 1. The highest BCUT2D eigenvalue weighted by molar-refractivity contribution is 5.95. The molecule has 108 valence electrons. The molecule has 0 unspecified atom stereocenters. The molecule has 1 heterocycles. The topological polar surface area (TPSA) is 81.9 Å². The van der Waals surface area contributed by atoms with Gasteiger partial charge < -0.3 is 14.4 Å². The first-order valence-corrected chi connectivity index (χ1v) is 6.25. The Morgan fingerprint density at radius 2 is 2.30 bits per heavy atom. The number of nitro benzene ring substituents is 1. The van der Waals surface area contributed by atoms with Crippen LogP contribution in [-0.2, 0) is 4.74 Å². The molecule has 1 aliphatic rings. The van der Waals surface area contributed by atoms with Crippen molar-refractivity contribution in [3.63, 3.8) is 0 Å². The van der Waals surface area contributed by atoms with E-state index in [0.717, 1.165) is 0 Å². The van der Waals surface area contributed by atoms with Gasteiger partial charge in [-0.05, 0) is 19.1 Å². The van der Waals surface area contributed by atoms with Gasteiger partial charge in [-0.15, -0.1) is 0 Å². The molecule has 0 aromatic heterocycles. The quantitative estimate of drug-likeness (QED) is 0.618. The van der Waals surface area contributed by atoms with Crippen LogP contribution in [0.15, 0.2) is 18.2 Å². The lowest BCUT2D eigenvalue weighted by Gasteiger charge is -2.33. The summed E-state index contributed by atoms with van der Waals surface area (Å²) in [4.78, 5) is 24.5. The maximum atomic E-state index is 12.4. The zero-order chi connectivity index (χ0) is 14.7. The number of benzene rings is 1. The second-order valence-corrected chi connectivity index (χ2v) is 4.57. The smallest absolute Gasteiger partial charge is 0.311 e. The lowest BCUT2D eigenvalue weighted by molar-refractivity contribution is -0.385. The molecule has 1 atom stereocenters. The van der Waals surface area contributed by atoms with Crippen LogP contribution in [0.4, 0.5) is 5.69 Å². The van der Waals surface area contributed by atoms with Crippen LogP contribution in [0.3, 0.4) is 0 Å². The molecule has 1 fully saturated rings. The van der Waals surface area contributed by atoms with E-state index < -0.39 is 4.92 Å². The van der Waals surface area contributed by atoms with Crippen molar-refractivity contribution in [1.82, 2.24) is 4.90 Å². The molecule has 1 aromatic carbocycles. The van der Waals surface area contributed by atoms with Gasteiger partial charge in [0.2, 0.25) is 0 Å². The predicted octanol–water partition coefficient (Wildman–Crippen LogP) is 1.46. The zero-order valence-electron chi connectivity index (χ0n) is 11.4. The van der Waals surface area contributed by atoms with Gasteiger partial charge in [-0.25, -0.2) is 0 Å². The van der Waals surface area contributed by atoms with Gasteiger partial charge in [0.25, 0.3) is 5.91 Å². The average Bonchev–Trinajstić information content (AvgIpc) is 2.46. The van der Waals surface area contributed by atoms with Crippen molar-refractivity contribution in [3.05, 3.63) is 33.9 Å². The molecule has 0 radical (unpaired) electrons. The van der Waals surface area contributed by atoms with Gasteiger partial charge in [0.15, 0.2) is 5.75 Å². The van der Waals surface area contributed by atoms with Crippen LogP contribution in [0.2, 0.25) is 0 Å². The lowest BCUT2D eigenvalue weighted by atomic mass is 10.1. The summed E-state index contributed by atoms with van der Waals surface area (Å²) >= 11 is 0. The van der Waals surface area contributed by atoms with E-state index in [1.807, 2.05) is 6.92 Å². The van der Waals surface area contributed by atoms with Gasteiger partial charge in [0, 0.05) is 18.2 Å². The summed E-state index contributed by atoms with van der Waals surface area (Å²) in [6.07, 6.45) is 0. The normalized spacial score (nSPS) is 18.7. The van der Waals surface area contributed by atoms with Crippen molar-refractivity contribution < 1.29 is 19.2 Å². The van der Waals surface area contributed by atoms with Gasteiger partial charge >= 0.3 is 5.69 Å². The second kappa shape index (κ2) is 5.87. The average molecular weight is 280 g/mol. The Labute approximate surface area is 116 Å². The van der Waals surface area contributed by atoms with Gasteiger partial charge in [-0.2, -0.15) is 0 Å². The number of ether oxygens (including phenoxy) is 2. The summed E-state index contributed by atoms with van der Waals surface area (Å²) in [5, 5.41) is 11.0. The minimum absolute atomic E-state index is 0.0441. The van der Waals surface area contributed by atoms with Crippen LogP contribution in [0, 0.1) is 10.1 Å². The van der Waals surface area contributed by atoms with Crippen molar-refractivity contribution in [3.8, 4) is 5.75 Å². The number of hydrogen-bond acceptors (Lipinski definition) is 5. The number of methoxy groups -OCH3 is 1. The van der Waals surface area contributed by atoms with Crippen LogP contribution in [0.1, 0.15) is 17.3 Å². The van der Waals surface area contributed by atoms with Crippen molar-refractivity contribution in [2.24, 2.45) is 0 Å². The van der Waals surface area contributed by atoms with E-state index in [4.69, 9.17) is 9.47 Å². The fourth-order valence-corrected chi connectivity index (χ4v) is 2.16. The fourth-order valence-electron chi connectivity index (χ4n) is 2.16. The Morgan fingerprint density at radius 1 is 1.55 bits per heavy atom. The van der Waals surface area contributed by atoms with E-state index >= 15 is 0 Å². The van der Waals surface area contributed by atoms with Crippen molar-refractivity contribution >= 4 is 11.6 Å². The van der Waals surface area contributed by atoms with Crippen molar-refractivity contribution in [2.45, 2.75) is 13.0 Å². The van der Waals surface area contributed by atoms with Crippen LogP contribution < -0.4 is 4.74 Å². The fraction of sp³-hybridized carbons (Fsp3) is 0.462. The molecule has 0 N–H and O–H groups in total. The van der Waals surface area contributed by atoms with Crippen LogP contribution >= 0.6 is 0 Å². The molecule has 20 heavy (non-hydrogen) atoms. The highest BCUT2D eigenvalue weighted by atomic mass is 16.6. The maximum Gasteiger partial charge on any atom is 0.311 e. The van der Waals surface area contributed by atoms with Crippen LogP contribution in [-0.4, -0.2) is 48.6 Å². The van der Waals surface area contributed by atoms with E-state index in [9.17, 15) is 14.9 Å². The molecule has 1 amide bonds. The Bertz CT molecular complexity index is 531. The van der Waals surface area contributed by atoms with Crippen LogP contribution in [0.5, 0.6) is 5.75 Å². The molecule has 1 aliphatic heterocycles. The third-order valence-electron chi connectivity index (χ3n) is 3.25. The predicted molar refractivity (Wildman–Crippen MR) is 71.0 cm³/mol. The first-order chi connectivity index (χ1) is 9.54. The number of carbonyl (C=O) groups excluding carboxylic acids is 1. The number of amides is 1. The molecule has 0 spiro atoms. The molecule has 7 heteroatoms. The first kappa shape index (κ1) is 14.3. The highest BCUT2D eigenvalue weighted by Gasteiger charge is 2.26. The van der Waals surface area contributed by atoms with E-state index in [2.05, 4.69) is 0 Å². The van der Waals surface area contributed by atoms with E-state index in [0.29, 0.717) is 19.8 Å².